The summed E-state index contributed by atoms with van der Waals surface area (Å²) >= 11 is 1.44. The van der Waals surface area contributed by atoms with Crippen LogP contribution in [0.25, 0.3) is 10.1 Å². The predicted molar refractivity (Wildman–Crippen MR) is 64.6 cm³/mol. The molecular formula is C13H9FO2S. The van der Waals surface area contributed by atoms with E-state index < -0.39 is 6.10 Å². The van der Waals surface area contributed by atoms with Crippen molar-refractivity contribution < 1.29 is 13.9 Å². The quantitative estimate of drug-likeness (QED) is 0.750. The van der Waals surface area contributed by atoms with E-state index in [-0.39, 0.29) is 5.82 Å². The van der Waals surface area contributed by atoms with Gasteiger partial charge in [0.15, 0.2) is 0 Å². The van der Waals surface area contributed by atoms with Gasteiger partial charge in [-0.05, 0) is 41.8 Å². The molecule has 0 aliphatic heterocycles. The van der Waals surface area contributed by atoms with Crippen LogP contribution in [0.3, 0.4) is 0 Å². The molecule has 0 spiro atoms. The molecule has 0 saturated heterocycles. The summed E-state index contributed by atoms with van der Waals surface area (Å²) in [4.78, 5) is 0.751. The SMILES string of the molecule is OC(c1ccco1)c1cc2cc(F)ccc2s1. The third-order valence-electron chi connectivity index (χ3n) is 2.58. The van der Waals surface area contributed by atoms with Crippen molar-refractivity contribution in [3.63, 3.8) is 0 Å². The number of benzene rings is 1. The molecule has 86 valence electrons. The summed E-state index contributed by atoms with van der Waals surface area (Å²) in [5.41, 5.74) is 0. The predicted octanol–water partition coefficient (Wildman–Crippen LogP) is 3.72. The molecule has 1 atom stereocenters. The largest absolute Gasteiger partial charge is 0.466 e. The van der Waals surface area contributed by atoms with E-state index in [1.165, 1.54) is 29.7 Å². The fourth-order valence-corrected chi connectivity index (χ4v) is 2.80. The van der Waals surface area contributed by atoms with Gasteiger partial charge < -0.3 is 9.52 Å². The number of hydrogen-bond acceptors (Lipinski definition) is 3. The van der Waals surface area contributed by atoms with E-state index in [9.17, 15) is 9.50 Å². The highest BCUT2D eigenvalue weighted by molar-refractivity contribution is 7.19. The molecule has 2 nitrogen and oxygen atoms in total. The summed E-state index contributed by atoms with van der Waals surface area (Å²) in [7, 11) is 0. The van der Waals surface area contributed by atoms with E-state index in [0.29, 0.717) is 5.76 Å². The molecule has 2 heterocycles. The van der Waals surface area contributed by atoms with Crippen molar-refractivity contribution in [2.45, 2.75) is 6.10 Å². The van der Waals surface area contributed by atoms with E-state index >= 15 is 0 Å². The lowest BCUT2D eigenvalue weighted by Crippen LogP contribution is -1.93. The van der Waals surface area contributed by atoms with Gasteiger partial charge in [-0.2, -0.15) is 0 Å². The second kappa shape index (κ2) is 3.98. The summed E-state index contributed by atoms with van der Waals surface area (Å²) in [6, 6.07) is 9.83. The van der Waals surface area contributed by atoms with Crippen molar-refractivity contribution in [2.75, 3.05) is 0 Å². The van der Waals surface area contributed by atoms with Crippen LogP contribution in [0.5, 0.6) is 0 Å². The van der Waals surface area contributed by atoms with Gasteiger partial charge in [-0.3, -0.25) is 0 Å². The first-order chi connectivity index (χ1) is 8.24. The van der Waals surface area contributed by atoms with Crippen molar-refractivity contribution in [3.8, 4) is 0 Å². The zero-order valence-corrected chi connectivity index (χ0v) is 9.58. The first kappa shape index (κ1) is 10.5. The second-order valence-electron chi connectivity index (χ2n) is 3.75. The van der Waals surface area contributed by atoms with Crippen molar-refractivity contribution >= 4 is 21.4 Å². The fraction of sp³-hybridized carbons (Fsp3) is 0.0769. The summed E-state index contributed by atoms with van der Waals surface area (Å²) in [5.74, 6) is 0.228. The number of aliphatic hydroxyl groups is 1. The summed E-state index contributed by atoms with van der Waals surface area (Å²) in [5, 5.41) is 10.9. The number of furan rings is 1. The maximum absolute atomic E-state index is 13.0. The maximum Gasteiger partial charge on any atom is 0.146 e. The Morgan fingerprint density at radius 2 is 2.12 bits per heavy atom. The van der Waals surface area contributed by atoms with Crippen LogP contribution in [0.15, 0.2) is 47.1 Å². The number of fused-ring (bicyclic) bond motifs is 1. The van der Waals surface area contributed by atoms with Crippen LogP contribution in [0, 0.1) is 5.82 Å². The maximum atomic E-state index is 13.0. The standard InChI is InChI=1S/C13H9FO2S/c14-9-3-4-11-8(6-9)7-12(17-11)13(15)10-2-1-5-16-10/h1-7,13,15H. The highest BCUT2D eigenvalue weighted by Gasteiger charge is 2.16. The van der Waals surface area contributed by atoms with Gasteiger partial charge in [0.1, 0.15) is 17.7 Å². The molecule has 0 radical (unpaired) electrons. The number of thiophene rings is 1. The first-order valence-corrected chi connectivity index (χ1v) is 5.96. The average molecular weight is 248 g/mol. The molecule has 1 N–H and O–H groups in total. The van der Waals surface area contributed by atoms with Crippen LogP contribution < -0.4 is 0 Å². The Bertz CT molecular complexity index is 643. The van der Waals surface area contributed by atoms with Gasteiger partial charge in [-0.25, -0.2) is 4.39 Å². The second-order valence-corrected chi connectivity index (χ2v) is 4.86. The lowest BCUT2D eigenvalue weighted by atomic mass is 10.2. The van der Waals surface area contributed by atoms with E-state index in [0.717, 1.165) is 15.0 Å². The summed E-state index contributed by atoms with van der Waals surface area (Å²) < 4.78 is 19.1. The van der Waals surface area contributed by atoms with Gasteiger partial charge in [0.2, 0.25) is 0 Å². The average Bonchev–Trinajstić information content (AvgIpc) is 2.96. The molecule has 3 rings (SSSR count). The highest BCUT2D eigenvalue weighted by Crippen LogP contribution is 2.33. The minimum Gasteiger partial charge on any atom is -0.466 e. The normalized spacial score (nSPS) is 13.1. The minimum atomic E-state index is -0.787. The Hall–Kier alpha value is -1.65. The van der Waals surface area contributed by atoms with E-state index in [2.05, 4.69) is 0 Å². The molecule has 4 heteroatoms. The lowest BCUT2D eigenvalue weighted by molar-refractivity contribution is 0.193. The third kappa shape index (κ3) is 1.85. The third-order valence-corrected chi connectivity index (χ3v) is 3.75. The van der Waals surface area contributed by atoms with Crippen LogP contribution in [0.4, 0.5) is 4.39 Å². The summed E-state index contributed by atoms with van der Waals surface area (Å²) in [6.07, 6.45) is 0.733. The van der Waals surface area contributed by atoms with E-state index in [1.807, 2.05) is 0 Å². The van der Waals surface area contributed by atoms with Gasteiger partial charge in [0, 0.05) is 9.58 Å². The van der Waals surface area contributed by atoms with Gasteiger partial charge in [0.05, 0.1) is 6.26 Å². The monoisotopic (exact) mass is 248 g/mol. The number of rotatable bonds is 2. The first-order valence-electron chi connectivity index (χ1n) is 5.14. The smallest absolute Gasteiger partial charge is 0.146 e. The Morgan fingerprint density at radius 3 is 2.88 bits per heavy atom. The summed E-state index contributed by atoms with van der Waals surface area (Å²) in [6.45, 7) is 0. The molecule has 0 fully saturated rings. The van der Waals surface area contributed by atoms with Crippen LogP contribution in [-0.2, 0) is 0 Å². The highest BCUT2D eigenvalue weighted by atomic mass is 32.1. The molecule has 0 aliphatic carbocycles. The molecule has 0 amide bonds. The zero-order valence-electron chi connectivity index (χ0n) is 8.76. The van der Waals surface area contributed by atoms with Crippen molar-refractivity contribution in [1.29, 1.82) is 0 Å². The molecule has 1 unspecified atom stereocenters. The van der Waals surface area contributed by atoms with Crippen LogP contribution in [-0.4, -0.2) is 5.11 Å². The molecule has 17 heavy (non-hydrogen) atoms. The van der Waals surface area contributed by atoms with Gasteiger partial charge in [0.25, 0.3) is 0 Å². The Labute approximate surface area is 101 Å². The van der Waals surface area contributed by atoms with Gasteiger partial charge in [-0.1, -0.05) is 0 Å². The van der Waals surface area contributed by atoms with Crippen molar-refractivity contribution in [1.82, 2.24) is 0 Å². The fourth-order valence-electron chi connectivity index (χ4n) is 1.76. The zero-order chi connectivity index (χ0) is 11.8. The molecule has 0 saturated carbocycles. The van der Waals surface area contributed by atoms with Crippen molar-refractivity contribution in [2.24, 2.45) is 0 Å². The Kier molecular flexibility index (Phi) is 2.46. The topological polar surface area (TPSA) is 33.4 Å². The number of aliphatic hydroxyl groups excluding tert-OH is 1. The van der Waals surface area contributed by atoms with E-state index in [4.69, 9.17) is 4.42 Å². The number of hydrogen-bond donors (Lipinski definition) is 1. The minimum absolute atomic E-state index is 0.269. The van der Waals surface area contributed by atoms with Crippen LogP contribution in [0.1, 0.15) is 16.7 Å². The molecule has 0 aliphatic rings. The molecular weight excluding hydrogens is 239 g/mol. The van der Waals surface area contributed by atoms with Gasteiger partial charge >= 0.3 is 0 Å². The molecule has 1 aromatic carbocycles. The lowest BCUT2D eigenvalue weighted by Gasteiger charge is -2.03. The van der Waals surface area contributed by atoms with Gasteiger partial charge in [-0.15, -0.1) is 11.3 Å². The Balaban J connectivity index is 2.06. The molecule has 3 aromatic rings. The number of halogens is 1. The van der Waals surface area contributed by atoms with Crippen LogP contribution in [0.2, 0.25) is 0 Å². The van der Waals surface area contributed by atoms with Crippen molar-refractivity contribution in [3.05, 3.63) is 59.1 Å². The Morgan fingerprint density at radius 1 is 1.24 bits per heavy atom. The molecule has 0 bridgehead atoms. The van der Waals surface area contributed by atoms with E-state index in [1.54, 1.807) is 24.3 Å². The molecule has 2 aromatic heterocycles. The van der Waals surface area contributed by atoms with Crippen LogP contribution >= 0.6 is 11.3 Å².